The summed E-state index contributed by atoms with van der Waals surface area (Å²) >= 11 is 0. The average Bonchev–Trinajstić information content (AvgIpc) is 2.19. The Bertz CT molecular complexity index is 275. The molecule has 1 saturated heterocycles. The van der Waals surface area contributed by atoms with Crippen LogP contribution in [0, 0.1) is 0 Å². The molecule has 2 N–H and O–H groups in total. The van der Waals surface area contributed by atoms with Gasteiger partial charge in [0.2, 0.25) is 5.91 Å². The lowest BCUT2D eigenvalue weighted by atomic mass is 9.93. The minimum Gasteiger partial charge on any atom is -0.343 e. The number of hydrogen-bond donors (Lipinski definition) is 1. The molecule has 0 aromatic heterocycles. The Balaban J connectivity index is 2.94. The van der Waals surface area contributed by atoms with Crippen molar-refractivity contribution in [3.05, 3.63) is 12.7 Å². The van der Waals surface area contributed by atoms with Gasteiger partial charge in [-0.1, -0.05) is 6.08 Å². The van der Waals surface area contributed by atoms with Crippen molar-refractivity contribution in [1.29, 1.82) is 0 Å². The van der Waals surface area contributed by atoms with E-state index in [1.54, 1.807) is 4.90 Å². The first-order valence-corrected chi connectivity index (χ1v) is 5.76. The second-order valence-electron chi connectivity index (χ2n) is 5.04. The second kappa shape index (κ2) is 4.97. The van der Waals surface area contributed by atoms with Crippen molar-refractivity contribution in [2.45, 2.75) is 31.8 Å². The number of nitrogens with zero attached hydrogens (tertiary/aromatic N) is 2. The largest absolute Gasteiger partial charge is 0.343 e. The van der Waals surface area contributed by atoms with Gasteiger partial charge < -0.3 is 10.6 Å². The molecule has 4 heteroatoms. The molecule has 1 amide bonds. The van der Waals surface area contributed by atoms with Crippen LogP contribution in [0.1, 0.15) is 20.3 Å². The van der Waals surface area contributed by atoms with Crippen molar-refractivity contribution < 1.29 is 4.79 Å². The molecule has 0 radical (unpaired) electrons. The first-order valence-electron chi connectivity index (χ1n) is 5.76. The molecule has 92 valence electrons. The maximum atomic E-state index is 12.1. The summed E-state index contributed by atoms with van der Waals surface area (Å²) in [6.07, 6.45) is 2.56. The fourth-order valence-corrected chi connectivity index (χ4v) is 2.51. The van der Waals surface area contributed by atoms with Crippen LogP contribution in [0.15, 0.2) is 12.7 Å². The zero-order valence-electron chi connectivity index (χ0n) is 10.6. The maximum Gasteiger partial charge on any atom is 0.239 e. The smallest absolute Gasteiger partial charge is 0.239 e. The second-order valence-corrected chi connectivity index (χ2v) is 5.04. The Labute approximate surface area is 98.1 Å². The van der Waals surface area contributed by atoms with Gasteiger partial charge in [0, 0.05) is 25.7 Å². The van der Waals surface area contributed by atoms with Crippen molar-refractivity contribution in [3.8, 4) is 0 Å². The molecule has 0 aromatic rings. The zero-order valence-corrected chi connectivity index (χ0v) is 10.6. The van der Waals surface area contributed by atoms with Crippen molar-refractivity contribution in [2.75, 3.05) is 26.7 Å². The predicted molar refractivity (Wildman–Crippen MR) is 66.1 cm³/mol. The van der Waals surface area contributed by atoms with Crippen molar-refractivity contribution in [2.24, 2.45) is 5.73 Å². The van der Waals surface area contributed by atoms with E-state index in [-0.39, 0.29) is 17.5 Å². The summed E-state index contributed by atoms with van der Waals surface area (Å²) in [4.78, 5) is 16.1. The quantitative estimate of drug-likeness (QED) is 0.706. The highest BCUT2D eigenvalue weighted by Gasteiger charge is 2.42. The first-order chi connectivity index (χ1) is 7.44. The lowest BCUT2D eigenvalue weighted by Gasteiger charge is -2.50. The molecule has 1 aliphatic heterocycles. The highest BCUT2D eigenvalue weighted by Crippen LogP contribution is 2.26. The summed E-state index contributed by atoms with van der Waals surface area (Å²) in [6.45, 7) is 10.1. The normalized spacial score (nSPS) is 25.9. The molecular formula is C12H23N3O. The van der Waals surface area contributed by atoms with Crippen LogP contribution in [0.2, 0.25) is 0 Å². The fourth-order valence-electron chi connectivity index (χ4n) is 2.51. The van der Waals surface area contributed by atoms with E-state index in [1.807, 2.05) is 13.1 Å². The minimum absolute atomic E-state index is 0.0172. The number of piperazine rings is 1. The summed E-state index contributed by atoms with van der Waals surface area (Å²) in [5, 5.41) is 0. The molecule has 1 heterocycles. The Morgan fingerprint density at radius 1 is 1.62 bits per heavy atom. The molecule has 1 fully saturated rings. The Morgan fingerprint density at radius 2 is 2.25 bits per heavy atom. The minimum atomic E-state index is -0.100. The van der Waals surface area contributed by atoms with Crippen LogP contribution in [-0.2, 0) is 4.79 Å². The highest BCUT2D eigenvalue weighted by atomic mass is 16.2. The summed E-state index contributed by atoms with van der Waals surface area (Å²) in [6, 6.07) is -0.100. The molecule has 0 bridgehead atoms. The van der Waals surface area contributed by atoms with Gasteiger partial charge in [-0.05, 0) is 26.8 Å². The third-order valence-corrected chi connectivity index (χ3v) is 3.21. The fraction of sp³-hybridized carbons (Fsp3) is 0.750. The maximum absolute atomic E-state index is 12.1. The van der Waals surface area contributed by atoms with Crippen LogP contribution < -0.4 is 5.73 Å². The molecule has 0 spiro atoms. The Morgan fingerprint density at radius 3 is 2.75 bits per heavy atom. The third kappa shape index (κ3) is 2.44. The Kier molecular flexibility index (Phi) is 4.10. The molecule has 1 aliphatic rings. The average molecular weight is 225 g/mol. The van der Waals surface area contributed by atoms with Gasteiger partial charge in [0.1, 0.15) is 0 Å². The number of nitrogens with two attached hydrogens (primary N) is 1. The molecule has 0 aliphatic carbocycles. The molecule has 1 unspecified atom stereocenters. The van der Waals surface area contributed by atoms with Crippen LogP contribution in [0.3, 0.4) is 0 Å². The van der Waals surface area contributed by atoms with Gasteiger partial charge in [0.05, 0.1) is 6.04 Å². The predicted octanol–water partition coefficient (Wildman–Crippen LogP) is 0.442. The first kappa shape index (κ1) is 13.2. The lowest BCUT2D eigenvalue weighted by Crippen LogP contribution is -2.65. The van der Waals surface area contributed by atoms with E-state index in [9.17, 15) is 4.79 Å². The van der Waals surface area contributed by atoms with Crippen LogP contribution in [0.4, 0.5) is 0 Å². The topological polar surface area (TPSA) is 49.6 Å². The number of amides is 1. The number of carbonyl (C=O) groups is 1. The Hall–Kier alpha value is -0.870. The van der Waals surface area contributed by atoms with Crippen LogP contribution in [-0.4, -0.2) is 54.0 Å². The van der Waals surface area contributed by atoms with E-state index in [0.29, 0.717) is 13.0 Å². The van der Waals surface area contributed by atoms with Crippen molar-refractivity contribution in [1.82, 2.24) is 9.80 Å². The van der Waals surface area contributed by atoms with Crippen molar-refractivity contribution in [3.63, 3.8) is 0 Å². The molecule has 1 atom stereocenters. The van der Waals surface area contributed by atoms with Gasteiger partial charge in [0.15, 0.2) is 0 Å². The van der Waals surface area contributed by atoms with Gasteiger partial charge in [0.25, 0.3) is 0 Å². The number of hydrogen-bond acceptors (Lipinski definition) is 3. The standard InChI is InChI=1S/C12H23N3O/c1-5-8-15-10(6-7-13)11(16)14(4)9-12(15,2)3/h5,10H,1,6-9,13H2,2-4H3. The molecule has 0 saturated carbocycles. The van der Waals surface area contributed by atoms with E-state index in [1.165, 1.54) is 0 Å². The number of rotatable bonds is 4. The third-order valence-electron chi connectivity index (χ3n) is 3.21. The lowest BCUT2D eigenvalue weighted by molar-refractivity contribution is -0.147. The van der Waals surface area contributed by atoms with Gasteiger partial charge in [-0.2, -0.15) is 0 Å². The van der Waals surface area contributed by atoms with Gasteiger partial charge in [-0.15, -0.1) is 6.58 Å². The van der Waals surface area contributed by atoms with Crippen LogP contribution in [0.5, 0.6) is 0 Å². The monoisotopic (exact) mass is 225 g/mol. The molecule has 1 rings (SSSR count). The van der Waals surface area contributed by atoms with E-state index < -0.39 is 0 Å². The van der Waals surface area contributed by atoms with Gasteiger partial charge in [-0.3, -0.25) is 9.69 Å². The van der Waals surface area contributed by atoms with E-state index in [0.717, 1.165) is 13.1 Å². The van der Waals surface area contributed by atoms with Gasteiger partial charge >= 0.3 is 0 Å². The van der Waals surface area contributed by atoms with Crippen LogP contribution >= 0.6 is 0 Å². The molecule has 0 aromatic carbocycles. The highest BCUT2D eigenvalue weighted by molar-refractivity contribution is 5.82. The molecular weight excluding hydrogens is 202 g/mol. The number of carbonyl (C=O) groups excluding carboxylic acids is 1. The van der Waals surface area contributed by atoms with E-state index in [2.05, 4.69) is 25.3 Å². The summed E-state index contributed by atoms with van der Waals surface area (Å²) < 4.78 is 0. The summed E-state index contributed by atoms with van der Waals surface area (Å²) in [5.41, 5.74) is 5.57. The van der Waals surface area contributed by atoms with Crippen molar-refractivity contribution >= 4 is 5.91 Å². The number of likely N-dealkylation sites (N-methyl/N-ethyl adjacent to an activating group) is 1. The van der Waals surface area contributed by atoms with Crippen LogP contribution in [0.25, 0.3) is 0 Å². The van der Waals surface area contributed by atoms with Gasteiger partial charge in [-0.25, -0.2) is 0 Å². The molecule has 4 nitrogen and oxygen atoms in total. The van der Waals surface area contributed by atoms with E-state index >= 15 is 0 Å². The SMILES string of the molecule is C=CCN1C(CCN)C(=O)N(C)CC1(C)C. The van der Waals surface area contributed by atoms with E-state index in [4.69, 9.17) is 5.73 Å². The zero-order chi connectivity index (χ0) is 12.3. The summed E-state index contributed by atoms with van der Waals surface area (Å²) in [7, 11) is 1.86. The molecule has 16 heavy (non-hydrogen) atoms. The summed E-state index contributed by atoms with van der Waals surface area (Å²) in [5.74, 6) is 0.173.